The normalized spacial score (nSPS) is 20.4. The van der Waals surface area contributed by atoms with Crippen molar-refractivity contribution in [2.24, 2.45) is 0 Å². The summed E-state index contributed by atoms with van der Waals surface area (Å²) in [5, 5.41) is 3.34. The van der Waals surface area contributed by atoms with Crippen LogP contribution in [0.1, 0.15) is 22.8 Å². The molecule has 1 N–H and O–H groups in total. The highest BCUT2D eigenvalue weighted by Gasteiger charge is 2.21. The number of piperazine rings is 1. The van der Waals surface area contributed by atoms with Crippen molar-refractivity contribution >= 4 is 28.5 Å². The van der Waals surface area contributed by atoms with Gasteiger partial charge in [-0.3, -0.25) is 4.79 Å². The van der Waals surface area contributed by atoms with Crippen molar-refractivity contribution < 1.29 is 4.79 Å². The van der Waals surface area contributed by atoms with E-state index in [9.17, 15) is 4.79 Å². The van der Waals surface area contributed by atoms with Crippen molar-refractivity contribution in [2.75, 3.05) is 19.6 Å². The molecular formula is C13H17IN2O. The van der Waals surface area contributed by atoms with E-state index in [1.54, 1.807) is 0 Å². The van der Waals surface area contributed by atoms with E-state index >= 15 is 0 Å². The summed E-state index contributed by atoms with van der Waals surface area (Å²) in [6.07, 6.45) is 0. The van der Waals surface area contributed by atoms with Gasteiger partial charge in [0, 0.05) is 34.8 Å². The standard InChI is InChI=1S/C13H17IN2O/c1-9-3-4-11(7-12(9)14)13(17)16-6-5-15-10(2)8-16/h3-4,7,10,15H,5-6,8H2,1-2H3. The van der Waals surface area contributed by atoms with E-state index in [0.29, 0.717) is 6.04 Å². The van der Waals surface area contributed by atoms with Gasteiger partial charge in [0.25, 0.3) is 5.91 Å². The third-order valence-corrected chi connectivity index (χ3v) is 4.24. The molecule has 1 atom stereocenters. The molecule has 1 aromatic rings. The number of hydrogen-bond donors (Lipinski definition) is 1. The van der Waals surface area contributed by atoms with E-state index < -0.39 is 0 Å². The van der Waals surface area contributed by atoms with Gasteiger partial charge in [0.1, 0.15) is 0 Å². The Balaban J connectivity index is 2.15. The minimum Gasteiger partial charge on any atom is -0.336 e. The second kappa shape index (κ2) is 5.35. The SMILES string of the molecule is Cc1ccc(C(=O)N2CCNC(C)C2)cc1I. The van der Waals surface area contributed by atoms with Gasteiger partial charge in [-0.1, -0.05) is 6.07 Å². The Bertz CT molecular complexity index is 433. The summed E-state index contributed by atoms with van der Waals surface area (Å²) in [5.41, 5.74) is 2.02. The van der Waals surface area contributed by atoms with Gasteiger partial charge in [0.15, 0.2) is 0 Å². The molecule has 0 bridgehead atoms. The Morgan fingerprint density at radius 2 is 2.29 bits per heavy atom. The summed E-state index contributed by atoms with van der Waals surface area (Å²) in [4.78, 5) is 14.2. The molecule has 1 aliphatic rings. The minimum atomic E-state index is 0.149. The third-order valence-electron chi connectivity index (χ3n) is 3.07. The van der Waals surface area contributed by atoms with Crippen LogP contribution in [0.2, 0.25) is 0 Å². The summed E-state index contributed by atoms with van der Waals surface area (Å²) in [7, 11) is 0. The highest BCUT2D eigenvalue weighted by molar-refractivity contribution is 14.1. The highest BCUT2D eigenvalue weighted by atomic mass is 127. The molecule has 4 heteroatoms. The highest BCUT2D eigenvalue weighted by Crippen LogP contribution is 2.15. The van der Waals surface area contributed by atoms with Crippen molar-refractivity contribution in [3.63, 3.8) is 0 Å². The first-order valence-corrected chi connectivity index (χ1v) is 6.94. The van der Waals surface area contributed by atoms with Crippen LogP contribution in [0.15, 0.2) is 18.2 Å². The zero-order valence-corrected chi connectivity index (χ0v) is 12.3. The molecule has 1 fully saturated rings. The molecule has 2 rings (SSSR count). The molecule has 1 aliphatic heterocycles. The molecule has 1 heterocycles. The maximum atomic E-state index is 12.3. The predicted octanol–water partition coefficient (Wildman–Crippen LogP) is 2.03. The summed E-state index contributed by atoms with van der Waals surface area (Å²) >= 11 is 2.28. The average molecular weight is 344 g/mol. The number of aryl methyl sites for hydroxylation is 1. The second-order valence-corrected chi connectivity index (χ2v) is 5.73. The van der Waals surface area contributed by atoms with E-state index in [1.165, 1.54) is 5.56 Å². The zero-order valence-electron chi connectivity index (χ0n) is 10.2. The number of benzene rings is 1. The van der Waals surface area contributed by atoms with Gasteiger partial charge in [-0.15, -0.1) is 0 Å². The van der Waals surface area contributed by atoms with Gasteiger partial charge in [-0.2, -0.15) is 0 Å². The molecule has 1 aromatic carbocycles. The Hall–Kier alpha value is -0.620. The Kier molecular flexibility index (Phi) is 4.04. The first kappa shape index (κ1) is 12.8. The molecule has 0 aromatic heterocycles. The molecule has 3 nitrogen and oxygen atoms in total. The number of halogens is 1. The third kappa shape index (κ3) is 2.98. The topological polar surface area (TPSA) is 32.3 Å². The maximum Gasteiger partial charge on any atom is 0.253 e. The van der Waals surface area contributed by atoms with Crippen LogP contribution in [0.5, 0.6) is 0 Å². The van der Waals surface area contributed by atoms with E-state index in [0.717, 1.165) is 28.8 Å². The van der Waals surface area contributed by atoms with Gasteiger partial charge in [0.05, 0.1) is 0 Å². The van der Waals surface area contributed by atoms with Gasteiger partial charge >= 0.3 is 0 Å². The second-order valence-electron chi connectivity index (χ2n) is 4.57. The largest absolute Gasteiger partial charge is 0.336 e. The van der Waals surface area contributed by atoms with Crippen molar-refractivity contribution in [1.29, 1.82) is 0 Å². The molecule has 1 amide bonds. The van der Waals surface area contributed by atoms with Crippen LogP contribution in [0.3, 0.4) is 0 Å². The number of carbonyl (C=O) groups excluding carboxylic acids is 1. The number of nitrogens with zero attached hydrogens (tertiary/aromatic N) is 1. The van der Waals surface area contributed by atoms with Gasteiger partial charge in [0.2, 0.25) is 0 Å². The lowest BCUT2D eigenvalue weighted by Gasteiger charge is -2.32. The van der Waals surface area contributed by atoms with Crippen LogP contribution >= 0.6 is 22.6 Å². The van der Waals surface area contributed by atoms with Crippen molar-refractivity contribution in [2.45, 2.75) is 19.9 Å². The lowest BCUT2D eigenvalue weighted by molar-refractivity contribution is 0.0709. The molecule has 17 heavy (non-hydrogen) atoms. The summed E-state index contributed by atoms with van der Waals surface area (Å²) < 4.78 is 1.15. The van der Waals surface area contributed by atoms with Crippen LogP contribution in [-0.2, 0) is 0 Å². The number of carbonyl (C=O) groups is 1. The number of rotatable bonds is 1. The molecule has 1 saturated heterocycles. The van der Waals surface area contributed by atoms with E-state index in [1.807, 2.05) is 23.1 Å². The zero-order chi connectivity index (χ0) is 12.4. The monoisotopic (exact) mass is 344 g/mol. The van der Waals surface area contributed by atoms with E-state index in [2.05, 4.69) is 41.8 Å². The Labute approximate surface area is 116 Å². The molecular weight excluding hydrogens is 327 g/mol. The molecule has 0 spiro atoms. The maximum absolute atomic E-state index is 12.3. The Morgan fingerprint density at radius 1 is 1.53 bits per heavy atom. The minimum absolute atomic E-state index is 0.149. The van der Waals surface area contributed by atoms with E-state index in [-0.39, 0.29) is 5.91 Å². The lowest BCUT2D eigenvalue weighted by Crippen LogP contribution is -2.51. The van der Waals surface area contributed by atoms with Crippen molar-refractivity contribution in [3.8, 4) is 0 Å². The van der Waals surface area contributed by atoms with Gasteiger partial charge in [-0.05, 0) is 54.1 Å². The number of hydrogen-bond acceptors (Lipinski definition) is 2. The van der Waals surface area contributed by atoms with Crippen LogP contribution in [0.4, 0.5) is 0 Å². The van der Waals surface area contributed by atoms with Gasteiger partial charge < -0.3 is 10.2 Å². The summed E-state index contributed by atoms with van der Waals surface area (Å²) in [6, 6.07) is 6.30. The summed E-state index contributed by atoms with van der Waals surface area (Å²) in [5.74, 6) is 0.149. The lowest BCUT2D eigenvalue weighted by atomic mass is 10.1. The molecule has 0 radical (unpaired) electrons. The predicted molar refractivity (Wildman–Crippen MR) is 77.3 cm³/mol. The Morgan fingerprint density at radius 3 is 2.94 bits per heavy atom. The van der Waals surface area contributed by atoms with Crippen LogP contribution in [-0.4, -0.2) is 36.5 Å². The summed E-state index contributed by atoms with van der Waals surface area (Å²) in [6.45, 7) is 6.65. The first-order chi connectivity index (χ1) is 8.08. The number of nitrogens with one attached hydrogen (secondary N) is 1. The van der Waals surface area contributed by atoms with Gasteiger partial charge in [-0.25, -0.2) is 0 Å². The quantitative estimate of drug-likeness (QED) is 0.791. The molecule has 0 aliphatic carbocycles. The fourth-order valence-electron chi connectivity index (χ4n) is 2.03. The smallest absolute Gasteiger partial charge is 0.253 e. The fraction of sp³-hybridized carbons (Fsp3) is 0.462. The van der Waals surface area contributed by atoms with Crippen LogP contribution in [0, 0.1) is 10.5 Å². The number of amides is 1. The molecule has 1 unspecified atom stereocenters. The van der Waals surface area contributed by atoms with Crippen molar-refractivity contribution in [3.05, 3.63) is 32.9 Å². The first-order valence-electron chi connectivity index (χ1n) is 5.87. The van der Waals surface area contributed by atoms with E-state index in [4.69, 9.17) is 0 Å². The molecule has 92 valence electrons. The van der Waals surface area contributed by atoms with Crippen molar-refractivity contribution in [1.82, 2.24) is 10.2 Å². The molecule has 0 saturated carbocycles. The van der Waals surface area contributed by atoms with Crippen LogP contribution in [0.25, 0.3) is 0 Å². The average Bonchev–Trinajstić information content (AvgIpc) is 2.32. The fourth-order valence-corrected chi connectivity index (χ4v) is 2.54. The van der Waals surface area contributed by atoms with Crippen LogP contribution < -0.4 is 5.32 Å².